The molecular weight excluding hydrogens is 301 g/mol. The third-order valence-electron chi connectivity index (χ3n) is 3.51. The predicted molar refractivity (Wildman–Crippen MR) is 81.0 cm³/mol. The van der Waals surface area contributed by atoms with Crippen molar-refractivity contribution in [1.82, 2.24) is 0 Å². The minimum Gasteiger partial charge on any atom is -0.491 e. The van der Waals surface area contributed by atoms with Crippen molar-refractivity contribution in [3.05, 3.63) is 53.8 Å². The highest BCUT2D eigenvalue weighted by Crippen LogP contribution is 2.32. The van der Waals surface area contributed by atoms with Gasteiger partial charge in [0, 0.05) is 5.56 Å². The fourth-order valence-corrected chi connectivity index (χ4v) is 2.30. The standard InChI is InChI=1S/C17H18FNO4/c18-13-2-4-15(5-3-13)21-10-14(20)9-19-8-12-1-6-16-17(7-12)23-11-22-16/h1-7,14,19-20H,8-11H2/p+1/t14-/m1/s1. The van der Waals surface area contributed by atoms with Crippen LogP contribution in [-0.4, -0.2) is 31.2 Å². The van der Waals surface area contributed by atoms with Crippen LogP contribution in [0.1, 0.15) is 5.56 Å². The average molecular weight is 320 g/mol. The number of ether oxygens (including phenoxy) is 3. The van der Waals surface area contributed by atoms with Crippen molar-refractivity contribution in [2.24, 2.45) is 0 Å². The van der Waals surface area contributed by atoms with E-state index in [2.05, 4.69) is 0 Å². The second-order valence-electron chi connectivity index (χ2n) is 5.33. The van der Waals surface area contributed by atoms with E-state index in [1.54, 1.807) is 12.1 Å². The number of aliphatic hydroxyl groups excluding tert-OH is 1. The third kappa shape index (κ3) is 4.34. The molecule has 3 rings (SSSR count). The maximum atomic E-state index is 12.8. The van der Waals surface area contributed by atoms with Gasteiger partial charge in [-0.1, -0.05) is 0 Å². The van der Waals surface area contributed by atoms with E-state index in [-0.39, 0.29) is 19.2 Å². The first kappa shape index (κ1) is 15.6. The lowest BCUT2D eigenvalue weighted by Crippen LogP contribution is -2.85. The molecule has 0 amide bonds. The number of quaternary nitrogens is 1. The quantitative estimate of drug-likeness (QED) is 0.801. The first-order valence-electron chi connectivity index (χ1n) is 7.47. The molecule has 0 spiro atoms. The molecule has 1 heterocycles. The van der Waals surface area contributed by atoms with Crippen LogP contribution in [0.15, 0.2) is 42.5 Å². The van der Waals surface area contributed by atoms with E-state index in [1.165, 1.54) is 12.1 Å². The molecule has 2 aromatic carbocycles. The summed E-state index contributed by atoms with van der Waals surface area (Å²) < 4.78 is 28.8. The van der Waals surface area contributed by atoms with Crippen LogP contribution in [0.5, 0.6) is 17.2 Å². The second-order valence-corrected chi connectivity index (χ2v) is 5.33. The van der Waals surface area contributed by atoms with Gasteiger partial charge in [0.15, 0.2) is 11.5 Å². The Bertz CT molecular complexity index is 648. The van der Waals surface area contributed by atoms with E-state index in [1.807, 2.05) is 23.5 Å². The van der Waals surface area contributed by atoms with Gasteiger partial charge in [0.2, 0.25) is 6.79 Å². The van der Waals surface area contributed by atoms with Crippen LogP contribution >= 0.6 is 0 Å². The highest BCUT2D eigenvalue weighted by atomic mass is 19.1. The SMILES string of the molecule is O[C@H](C[NH2+]Cc1ccc2c(c1)OCO2)COc1ccc(F)cc1. The Morgan fingerprint density at radius 2 is 1.91 bits per heavy atom. The molecule has 23 heavy (non-hydrogen) atoms. The maximum Gasteiger partial charge on any atom is 0.231 e. The summed E-state index contributed by atoms with van der Waals surface area (Å²) in [5, 5.41) is 11.9. The van der Waals surface area contributed by atoms with Crippen LogP contribution in [0.25, 0.3) is 0 Å². The van der Waals surface area contributed by atoms with Crippen LogP contribution in [0.2, 0.25) is 0 Å². The molecule has 1 aliphatic heterocycles. The number of hydrogen-bond acceptors (Lipinski definition) is 4. The first-order valence-corrected chi connectivity index (χ1v) is 7.47. The van der Waals surface area contributed by atoms with Crippen molar-refractivity contribution in [2.75, 3.05) is 19.9 Å². The van der Waals surface area contributed by atoms with Crippen LogP contribution in [0.4, 0.5) is 4.39 Å². The summed E-state index contributed by atoms with van der Waals surface area (Å²) in [6.07, 6.45) is -0.603. The van der Waals surface area contributed by atoms with Crippen molar-refractivity contribution in [3.8, 4) is 17.2 Å². The van der Waals surface area contributed by atoms with Crippen molar-refractivity contribution in [1.29, 1.82) is 0 Å². The lowest BCUT2D eigenvalue weighted by Gasteiger charge is -2.11. The number of nitrogens with two attached hydrogens (primary N) is 1. The predicted octanol–water partition coefficient (Wildman–Crippen LogP) is 1.06. The Kier molecular flexibility index (Phi) is 4.95. The van der Waals surface area contributed by atoms with Gasteiger partial charge in [-0.15, -0.1) is 0 Å². The van der Waals surface area contributed by atoms with Gasteiger partial charge in [0.05, 0.1) is 0 Å². The number of hydrogen-bond donors (Lipinski definition) is 2. The van der Waals surface area contributed by atoms with E-state index in [4.69, 9.17) is 14.2 Å². The number of benzene rings is 2. The minimum atomic E-state index is -0.603. The van der Waals surface area contributed by atoms with Gasteiger partial charge in [-0.3, -0.25) is 0 Å². The molecular formula is C17H19FNO4+. The van der Waals surface area contributed by atoms with Crippen molar-refractivity contribution in [2.45, 2.75) is 12.6 Å². The van der Waals surface area contributed by atoms with Gasteiger partial charge in [-0.25, -0.2) is 4.39 Å². The molecule has 1 atom stereocenters. The Balaban J connectivity index is 1.39. The number of aliphatic hydroxyl groups is 1. The monoisotopic (exact) mass is 320 g/mol. The normalized spacial score (nSPS) is 13.8. The van der Waals surface area contributed by atoms with Crippen molar-refractivity contribution >= 4 is 0 Å². The van der Waals surface area contributed by atoms with E-state index < -0.39 is 6.10 Å². The average Bonchev–Trinajstić information content (AvgIpc) is 3.02. The van der Waals surface area contributed by atoms with Crippen molar-refractivity contribution < 1.29 is 29.0 Å². The number of rotatable bonds is 7. The summed E-state index contributed by atoms with van der Waals surface area (Å²) in [4.78, 5) is 0. The topological polar surface area (TPSA) is 64.5 Å². The number of halogens is 1. The van der Waals surface area contributed by atoms with Crippen LogP contribution in [0, 0.1) is 5.82 Å². The molecule has 0 aromatic heterocycles. The number of fused-ring (bicyclic) bond motifs is 1. The summed E-state index contributed by atoms with van der Waals surface area (Å²) in [6, 6.07) is 11.5. The third-order valence-corrected chi connectivity index (χ3v) is 3.51. The fraction of sp³-hybridized carbons (Fsp3) is 0.294. The van der Waals surface area contributed by atoms with E-state index in [9.17, 15) is 9.50 Å². The summed E-state index contributed by atoms with van der Waals surface area (Å²) in [6.45, 7) is 1.67. The van der Waals surface area contributed by atoms with Gasteiger partial charge in [-0.05, 0) is 42.5 Å². The van der Waals surface area contributed by atoms with Gasteiger partial charge in [0.25, 0.3) is 0 Å². The van der Waals surface area contributed by atoms with Gasteiger partial charge in [0.1, 0.15) is 37.4 Å². The molecule has 0 unspecified atom stereocenters. The Labute approximate surface area is 133 Å². The zero-order valence-corrected chi connectivity index (χ0v) is 12.6. The Morgan fingerprint density at radius 3 is 2.74 bits per heavy atom. The Morgan fingerprint density at radius 1 is 1.13 bits per heavy atom. The zero-order chi connectivity index (χ0) is 16.1. The van der Waals surface area contributed by atoms with Gasteiger partial charge in [-0.2, -0.15) is 0 Å². The molecule has 6 heteroatoms. The minimum absolute atomic E-state index is 0.170. The van der Waals surface area contributed by atoms with Crippen molar-refractivity contribution in [3.63, 3.8) is 0 Å². The second kappa shape index (κ2) is 7.30. The molecule has 0 saturated carbocycles. The summed E-state index contributed by atoms with van der Waals surface area (Å²) in [7, 11) is 0. The van der Waals surface area contributed by atoms with Gasteiger partial charge < -0.3 is 24.6 Å². The lowest BCUT2D eigenvalue weighted by molar-refractivity contribution is -0.676. The highest BCUT2D eigenvalue weighted by Gasteiger charge is 2.14. The van der Waals surface area contributed by atoms with Crippen LogP contribution in [-0.2, 0) is 6.54 Å². The molecule has 2 aromatic rings. The molecule has 0 fully saturated rings. The van der Waals surface area contributed by atoms with Gasteiger partial charge >= 0.3 is 0 Å². The molecule has 0 radical (unpaired) electrons. The largest absolute Gasteiger partial charge is 0.491 e. The zero-order valence-electron chi connectivity index (χ0n) is 12.6. The molecule has 5 nitrogen and oxygen atoms in total. The van der Waals surface area contributed by atoms with E-state index in [0.717, 1.165) is 23.6 Å². The maximum absolute atomic E-state index is 12.8. The fourth-order valence-electron chi connectivity index (χ4n) is 2.30. The first-order chi connectivity index (χ1) is 11.2. The Hall–Kier alpha value is -2.31. The molecule has 3 N–H and O–H groups in total. The van der Waals surface area contributed by atoms with E-state index >= 15 is 0 Å². The van der Waals surface area contributed by atoms with Crippen LogP contribution < -0.4 is 19.5 Å². The van der Waals surface area contributed by atoms with E-state index in [0.29, 0.717) is 12.3 Å². The summed E-state index contributed by atoms with van der Waals surface area (Å²) in [5.41, 5.74) is 1.10. The molecule has 0 bridgehead atoms. The molecule has 0 aliphatic carbocycles. The molecule has 122 valence electrons. The summed E-state index contributed by atoms with van der Waals surface area (Å²) in [5.74, 6) is 1.76. The van der Waals surface area contributed by atoms with Crippen LogP contribution in [0.3, 0.4) is 0 Å². The molecule has 1 aliphatic rings. The molecule has 0 saturated heterocycles. The smallest absolute Gasteiger partial charge is 0.231 e. The highest BCUT2D eigenvalue weighted by molar-refractivity contribution is 5.44. The summed E-state index contributed by atoms with van der Waals surface area (Å²) >= 11 is 0. The lowest BCUT2D eigenvalue weighted by atomic mass is 10.2.